The number of nitrogens with one attached hydrogen (secondary N) is 1. The van der Waals surface area contributed by atoms with Crippen molar-refractivity contribution < 1.29 is 23.8 Å². The number of ether oxygens (including phenoxy) is 1. The second-order valence-corrected chi connectivity index (χ2v) is 8.77. The number of aliphatic hydroxyl groups is 1. The summed E-state index contributed by atoms with van der Waals surface area (Å²) in [5.74, 6) is -0.164. The zero-order valence-corrected chi connectivity index (χ0v) is 15.4. The number of hydrogen-bond donors (Lipinski definition) is 2. The van der Waals surface area contributed by atoms with Gasteiger partial charge < -0.3 is 15.2 Å². The molecule has 2 N–H and O–H groups in total. The predicted molar refractivity (Wildman–Crippen MR) is 96.1 cm³/mol. The second kappa shape index (κ2) is 6.89. The summed E-state index contributed by atoms with van der Waals surface area (Å²) in [4.78, 5) is 24.7. The van der Waals surface area contributed by atoms with Crippen LogP contribution in [0, 0.1) is 23.1 Å². The van der Waals surface area contributed by atoms with E-state index in [1.54, 1.807) is 12.1 Å². The first-order valence-electron chi connectivity index (χ1n) is 9.77. The summed E-state index contributed by atoms with van der Waals surface area (Å²) < 4.78 is 18.2. The molecule has 146 valence electrons. The normalized spacial score (nSPS) is 33.7. The summed E-state index contributed by atoms with van der Waals surface area (Å²) in [6, 6.07) is 6.13. The molecule has 5 nitrogen and oxygen atoms in total. The van der Waals surface area contributed by atoms with Crippen LogP contribution in [0.15, 0.2) is 24.3 Å². The van der Waals surface area contributed by atoms with Gasteiger partial charge in [0.05, 0.1) is 11.0 Å². The molecule has 0 aliphatic heterocycles. The summed E-state index contributed by atoms with van der Waals surface area (Å²) in [6.07, 6.45) is 5.29. The minimum Gasteiger partial charge on any atom is -0.455 e. The Morgan fingerprint density at radius 2 is 1.81 bits per heavy atom. The van der Waals surface area contributed by atoms with Gasteiger partial charge in [-0.1, -0.05) is 12.1 Å². The molecule has 1 amide bonds. The molecule has 2 unspecified atom stereocenters. The SMILES string of the molecule is O=C(COC(=O)C12C[C@@H]3C[C@@H](CC(O)(C3)C1)C2)NCCc1ccc(F)cc1. The molecule has 27 heavy (non-hydrogen) atoms. The van der Waals surface area contributed by atoms with Crippen molar-refractivity contribution in [3.8, 4) is 0 Å². The molecule has 5 rings (SSSR count). The number of halogens is 1. The van der Waals surface area contributed by atoms with Crippen LogP contribution in [0.25, 0.3) is 0 Å². The Morgan fingerprint density at radius 1 is 1.15 bits per heavy atom. The number of rotatable bonds is 6. The van der Waals surface area contributed by atoms with Crippen molar-refractivity contribution in [2.75, 3.05) is 13.2 Å². The van der Waals surface area contributed by atoms with Crippen LogP contribution in [-0.2, 0) is 20.7 Å². The van der Waals surface area contributed by atoms with Crippen molar-refractivity contribution in [1.82, 2.24) is 5.32 Å². The Bertz CT molecular complexity index is 718. The molecule has 4 aliphatic rings. The molecular formula is C21H26FNO4. The standard InChI is InChI=1S/C21H26FNO4/c22-17-3-1-14(2-4-17)5-6-23-18(24)12-27-19(25)20-8-15-7-16(9-20)11-21(26,10-15)13-20/h1-4,15-16,26H,5-13H2,(H,23,24)/t15-,16+,20?,21?. The van der Waals surface area contributed by atoms with Gasteiger partial charge in [0.2, 0.25) is 0 Å². The van der Waals surface area contributed by atoms with E-state index in [2.05, 4.69) is 5.32 Å². The van der Waals surface area contributed by atoms with Crippen LogP contribution in [0.5, 0.6) is 0 Å². The van der Waals surface area contributed by atoms with Gasteiger partial charge in [-0.05, 0) is 74.5 Å². The summed E-state index contributed by atoms with van der Waals surface area (Å²) in [5.41, 5.74) is -0.399. The van der Waals surface area contributed by atoms with Gasteiger partial charge in [0.1, 0.15) is 5.82 Å². The average molecular weight is 375 g/mol. The molecule has 4 fully saturated rings. The van der Waals surface area contributed by atoms with Gasteiger partial charge in [0, 0.05) is 6.54 Å². The zero-order valence-electron chi connectivity index (χ0n) is 15.4. The van der Waals surface area contributed by atoms with Crippen LogP contribution < -0.4 is 5.32 Å². The number of amides is 1. The fourth-order valence-electron chi connectivity index (χ4n) is 5.79. The van der Waals surface area contributed by atoms with Crippen molar-refractivity contribution in [2.45, 2.75) is 50.5 Å². The summed E-state index contributed by atoms with van der Waals surface area (Å²) in [5, 5.41) is 13.4. The summed E-state index contributed by atoms with van der Waals surface area (Å²) >= 11 is 0. The summed E-state index contributed by atoms with van der Waals surface area (Å²) in [6.45, 7) is 0.106. The Morgan fingerprint density at radius 3 is 2.44 bits per heavy atom. The third kappa shape index (κ3) is 3.86. The van der Waals surface area contributed by atoms with E-state index >= 15 is 0 Å². The lowest BCUT2D eigenvalue weighted by atomic mass is 9.48. The smallest absolute Gasteiger partial charge is 0.312 e. The van der Waals surface area contributed by atoms with E-state index in [0.717, 1.165) is 37.7 Å². The van der Waals surface area contributed by atoms with Crippen molar-refractivity contribution in [3.63, 3.8) is 0 Å². The predicted octanol–water partition coefficient (Wildman–Crippen LogP) is 2.36. The van der Waals surface area contributed by atoms with Gasteiger partial charge in [-0.25, -0.2) is 4.39 Å². The molecule has 4 atom stereocenters. The number of esters is 1. The van der Waals surface area contributed by atoms with E-state index in [4.69, 9.17) is 4.74 Å². The molecule has 0 aromatic heterocycles. The first-order chi connectivity index (χ1) is 12.9. The monoisotopic (exact) mass is 375 g/mol. The highest BCUT2D eigenvalue weighted by Crippen LogP contribution is 2.61. The molecule has 0 saturated heterocycles. The van der Waals surface area contributed by atoms with Crippen molar-refractivity contribution in [1.29, 1.82) is 0 Å². The quantitative estimate of drug-likeness (QED) is 0.749. The molecule has 0 radical (unpaired) electrons. The van der Waals surface area contributed by atoms with Crippen LogP contribution >= 0.6 is 0 Å². The fraction of sp³-hybridized carbons (Fsp3) is 0.619. The van der Waals surface area contributed by atoms with Gasteiger partial charge in [-0.3, -0.25) is 9.59 Å². The lowest BCUT2D eigenvalue weighted by Gasteiger charge is -2.58. The highest BCUT2D eigenvalue weighted by atomic mass is 19.1. The molecule has 4 aliphatic carbocycles. The van der Waals surface area contributed by atoms with E-state index in [1.807, 2.05) is 0 Å². The first kappa shape index (κ1) is 18.4. The molecule has 6 heteroatoms. The van der Waals surface area contributed by atoms with Crippen LogP contribution in [0.1, 0.15) is 44.1 Å². The van der Waals surface area contributed by atoms with Crippen molar-refractivity contribution in [2.24, 2.45) is 17.3 Å². The third-order valence-electron chi connectivity index (χ3n) is 6.45. The maximum absolute atomic E-state index is 12.9. The lowest BCUT2D eigenvalue weighted by molar-refractivity contribution is -0.196. The molecule has 1 aromatic rings. The maximum atomic E-state index is 12.9. The molecule has 1 aromatic carbocycles. The highest BCUT2D eigenvalue weighted by Gasteiger charge is 2.60. The van der Waals surface area contributed by atoms with E-state index in [-0.39, 0.29) is 24.3 Å². The van der Waals surface area contributed by atoms with E-state index in [9.17, 15) is 19.1 Å². The van der Waals surface area contributed by atoms with Gasteiger partial charge >= 0.3 is 5.97 Å². The molecule has 0 heterocycles. The number of carbonyl (C=O) groups excluding carboxylic acids is 2. The number of carbonyl (C=O) groups is 2. The number of hydrogen-bond acceptors (Lipinski definition) is 4. The average Bonchev–Trinajstić information content (AvgIpc) is 2.59. The minimum absolute atomic E-state index is 0.288. The Labute approximate surface area is 158 Å². The van der Waals surface area contributed by atoms with Gasteiger partial charge in [0.25, 0.3) is 5.91 Å². The van der Waals surface area contributed by atoms with Crippen LogP contribution in [0.3, 0.4) is 0 Å². The van der Waals surface area contributed by atoms with Crippen molar-refractivity contribution >= 4 is 11.9 Å². The maximum Gasteiger partial charge on any atom is 0.312 e. The van der Waals surface area contributed by atoms with E-state index in [0.29, 0.717) is 31.2 Å². The van der Waals surface area contributed by atoms with Gasteiger partial charge in [-0.2, -0.15) is 0 Å². The Hall–Kier alpha value is -1.95. The largest absolute Gasteiger partial charge is 0.455 e. The third-order valence-corrected chi connectivity index (χ3v) is 6.45. The highest BCUT2D eigenvalue weighted by molar-refractivity contribution is 5.83. The Kier molecular flexibility index (Phi) is 4.70. The second-order valence-electron chi connectivity index (χ2n) is 8.77. The molecule has 4 bridgehead atoms. The van der Waals surface area contributed by atoms with Gasteiger partial charge in [0.15, 0.2) is 6.61 Å². The van der Waals surface area contributed by atoms with Crippen LogP contribution in [0.4, 0.5) is 4.39 Å². The zero-order chi connectivity index (χ0) is 19.1. The molecule has 0 spiro atoms. The fourth-order valence-corrected chi connectivity index (χ4v) is 5.79. The lowest BCUT2D eigenvalue weighted by Crippen LogP contribution is -2.58. The van der Waals surface area contributed by atoms with Crippen LogP contribution in [-0.4, -0.2) is 35.7 Å². The first-order valence-corrected chi connectivity index (χ1v) is 9.77. The number of benzene rings is 1. The minimum atomic E-state index is -0.722. The van der Waals surface area contributed by atoms with Gasteiger partial charge in [-0.15, -0.1) is 0 Å². The van der Waals surface area contributed by atoms with E-state index in [1.165, 1.54) is 12.1 Å². The Balaban J connectivity index is 1.24. The molecular weight excluding hydrogens is 349 g/mol. The van der Waals surface area contributed by atoms with Crippen LogP contribution in [0.2, 0.25) is 0 Å². The topological polar surface area (TPSA) is 75.6 Å². The summed E-state index contributed by atoms with van der Waals surface area (Å²) in [7, 11) is 0. The molecule has 4 saturated carbocycles. The van der Waals surface area contributed by atoms with Crippen molar-refractivity contribution in [3.05, 3.63) is 35.6 Å². The van der Waals surface area contributed by atoms with E-state index < -0.39 is 11.0 Å².